The van der Waals surface area contributed by atoms with Crippen LogP contribution in [0.3, 0.4) is 0 Å². The second-order valence-corrected chi connectivity index (χ2v) is 13.1. The van der Waals surface area contributed by atoms with Crippen LogP contribution in [0.5, 0.6) is 0 Å². The molecule has 0 bridgehead atoms. The number of aliphatic hydroxyl groups excluding tert-OH is 4. The van der Waals surface area contributed by atoms with Crippen molar-refractivity contribution in [2.75, 3.05) is 19.8 Å². The third kappa shape index (κ3) is 15.1. The lowest BCUT2D eigenvalue weighted by Gasteiger charge is -2.27. The number of rotatable bonds is 23. The van der Waals surface area contributed by atoms with Gasteiger partial charge in [-0.05, 0) is 31.2 Å². The van der Waals surface area contributed by atoms with E-state index in [2.05, 4.69) is 41.9 Å². The molecule has 1 heterocycles. The SMILES string of the molecule is CC(C)C[C@H](NC(=O)[C@H](CO)NC(=O)[C@H](CO)NC(=O)[C@@H](NC(=O)[C@@H](N)Cc1ccccc1)[C@@H](C)O)C(=O)N[C@@H](Cc1cnc[nH]1)C(=O)N[C@@H](CO)C(=O)O. The van der Waals surface area contributed by atoms with E-state index < -0.39 is 110 Å². The molecule has 2 aromatic rings. The van der Waals surface area contributed by atoms with Gasteiger partial charge in [-0.1, -0.05) is 44.2 Å². The Morgan fingerprint density at radius 3 is 1.65 bits per heavy atom. The van der Waals surface area contributed by atoms with Crippen molar-refractivity contribution < 1.29 is 59.1 Å². The van der Waals surface area contributed by atoms with E-state index in [-0.39, 0.29) is 25.2 Å². The summed E-state index contributed by atoms with van der Waals surface area (Å²) in [5.41, 5.74) is 7.10. The summed E-state index contributed by atoms with van der Waals surface area (Å²) in [5.74, 6) is -7.70. The lowest BCUT2D eigenvalue weighted by Crippen LogP contribution is -2.62. The van der Waals surface area contributed by atoms with Crippen molar-refractivity contribution in [3.63, 3.8) is 0 Å². The van der Waals surface area contributed by atoms with Crippen LogP contribution < -0.4 is 37.6 Å². The van der Waals surface area contributed by atoms with E-state index in [1.54, 1.807) is 44.2 Å². The number of benzene rings is 1. The number of nitrogens with two attached hydrogens (primary N) is 1. The molecule has 0 radical (unpaired) electrons. The van der Waals surface area contributed by atoms with E-state index in [1.807, 2.05) is 0 Å². The summed E-state index contributed by atoms with van der Waals surface area (Å²) in [5, 5.41) is 62.4. The van der Waals surface area contributed by atoms with Crippen LogP contribution in [0.25, 0.3) is 0 Å². The molecule has 21 heteroatoms. The van der Waals surface area contributed by atoms with Crippen molar-refractivity contribution in [1.82, 2.24) is 41.9 Å². The summed E-state index contributed by atoms with van der Waals surface area (Å²) >= 11 is 0. The highest BCUT2D eigenvalue weighted by atomic mass is 16.4. The lowest BCUT2D eigenvalue weighted by molar-refractivity contribution is -0.143. The number of nitrogens with zero attached hydrogens (tertiary/aromatic N) is 1. The largest absolute Gasteiger partial charge is 0.480 e. The Kier molecular flexibility index (Phi) is 18.8. The van der Waals surface area contributed by atoms with Crippen molar-refractivity contribution in [2.45, 2.75) is 88.4 Å². The Balaban J connectivity index is 2.14. The molecular weight excluding hydrogens is 726 g/mol. The van der Waals surface area contributed by atoms with Crippen molar-refractivity contribution >= 4 is 41.4 Å². The number of hydrogen-bond donors (Lipinski definition) is 13. The molecular formula is C34H51N9O12. The van der Waals surface area contributed by atoms with Gasteiger partial charge in [0.2, 0.25) is 35.4 Å². The smallest absolute Gasteiger partial charge is 0.328 e. The van der Waals surface area contributed by atoms with Crippen LogP contribution in [0.2, 0.25) is 0 Å². The van der Waals surface area contributed by atoms with Crippen LogP contribution in [0.1, 0.15) is 38.4 Å². The maximum absolute atomic E-state index is 13.5. The van der Waals surface area contributed by atoms with Gasteiger partial charge in [-0.3, -0.25) is 28.8 Å². The van der Waals surface area contributed by atoms with Gasteiger partial charge in [0.1, 0.15) is 36.3 Å². The zero-order valence-electron chi connectivity index (χ0n) is 30.6. The Hall–Kier alpha value is -5.48. The molecule has 0 unspecified atom stereocenters. The number of carbonyl (C=O) groups is 7. The number of aliphatic hydroxyl groups is 4. The number of H-pyrrole nitrogens is 1. The number of aromatic amines is 1. The summed E-state index contributed by atoms with van der Waals surface area (Å²) in [6.45, 7) is 1.69. The molecule has 1 aromatic heterocycles. The van der Waals surface area contributed by atoms with Gasteiger partial charge in [0.15, 0.2) is 0 Å². The van der Waals surface area contributed by atoms with Crippen LogP contribution in [0.15, 0.2) is 42.9 Å². The Morgan fingerprint density at radius 1 is 0.673 bits per heavy atom. The first-order valence-corrected chi connectivity index (χ1v) is 17.3. The number of carbonyl (C=O) groups excluding carboxylic acids is 6. The molecule has 21 nitrogen and oxygen atoms in total. The normalized spacial score (nSPS) is 15.5. The minimum atomic E-state index is -1.74. The number of aliphatic carboxylic acids is 1. The molecule has 0 fully saturated rings. The van der Waals surface area contributed by atoms with Crippen LogP contribution in [0.4, 0.5) is 0 Å². The monoisotopic (exact) mass is 777 g/mol. The minimum Gasteiger partial charge on any atom is -0.480 e. The molecule has 8 atom stereocenters. The minimum absolute atomic E-state index is 0.00671. The number of nitrogens with one attached hydrogen (secondary N) is 7. The summed E-state index contributed by atoms with van der Waals surface area (Å²) in [6.07, 6.45) is 1.11. The van der Waals surface area contributed by atoms with Crippen molar-refractivity contribution in [1.29, 1.82) is 0 Å². The van der Waals surface area contributed by atoms with E-state index in [0.29, 0.717) is 5.69 Å². The number of amides is 6. The molecule has 0 saturated heterocycles. The molecule has 0 aliphatic heterocycles. The average Bonchev–Trinajstić information content (AvgIpc) is 3.66. The zero-order chi connectivity index (χ0) is 41.2. The highest BCUT2D eigenvalue weighted by Gasteiger charge is 2.34. The molecule has 14 N–H and O–H groups in total. The van der Waals surface area contributed by atoms with Gasteiger partial charge in [-0.15, -0.1) is 0 Å². The number of carboxylic acids is 1. The number of aromatic nitrogens is 2. The molecule has 0 saturated carbocycles. The molecule has 6 amide bonds. The highest BCUT2D eigenvalue weighted by Crippen LogP contribution is 2.09. The third-order valence-corrected chi connectivity index (χ3v) is 8.08. The fraction of sp³-hybridized carbons (Fsp3) is 0.529. The van der Waals surface area contributed by atoms with Gasteiger partial charge in [-0.25, -0.2) is 9.78 Å². The Morgan fingerprint density at radius 2 is 1.16 bits per heavy atom. The Bertz CT molecular complexity index is 1580. The van der Waals surface area contributed by atoms with Crippen LogP contribution in [-0.4, -0.2) is 145 Å². The van der Waals surface area contributed by atoms with Gasteiger partial charge >= 0.3 is 5.97 Å². The highest BCUT2D eigenvalue weighted by molar-refractivity contribution is 5.97. The van der Waals surface area contributed by atoms with Gasteiger partial charge < -0.3 is 68.2 Å². The second-order valence-electron chi connectivity index (χ2n) is 13.1. The topological polar surface area (TPSA) is 348 Å². The van der Waals surface area contributed by atoms with Crippen LogP contribution in [-0.2, 0) is 46.4 Å². The zero-order valence-corrected chi connectivity index (χ0v) is 30.6. The van der Waals surface area contributed by atoms with Gasteiger partial charge in [0.25, 0.3) is 0 Å². The van der Waals surface area contributed by atoms with Crippen LogP contribution in [0, 0.1) is 5.92 Å². The first kappa shape index (κ1) is 45.7. The van der Waals surface area contributed by atoms with Crippen molar-refractivity contribution in [2.24, 2.45) is 11.7 Å². The van der Waals surface area contributed by atoms with Gasteiger partial charge in [0, 0.05) is 18.3 Å². The first-order chi connectivity index (χ1) is 26.0. The van der Waals surface area contributed by atoms with Crippen molar-refractivity contribution in [3.8, 4) is 0 Å². The lowest BCUT2D eigenvalue weighted by atomic mass is 10.0. The molecule has 2 rings (SSSR count). The number of imidazole rings is 1. The third-order valence-electron chi connectivity index (χ3n) is 8.08. The molecule has 1 aromatic carbocycles. The standard InChI is InChI=1S/C34H51N9O12/c1-17(2)9-22(29(49)39-23(11-20-12-36-16-37-20)30(50)42-26(15-46)34(54)55)38-31(51)24(13-44)40-32(52)25(14-45)41-33(53)27(18(3)47)43-28(48)21(35)10-19-7-5-4-6-8-19/h4-8,12,16-18,21-27,44-47H,9-11,13-15,35H2,1-3H3,(H,36,37)(H,38,51)(H,39,49)(H,40,52)(H,41,53)(H,42,50)(H,43,48)(H,54,55)/t18-,21+,22+,23+,24+,25+,26+,27+/m1/s1. The molecule has 0 aliphatic rings. The first-order valence-electron chi connectivity index (χ1n) is 17.3. The maximum Gasteiger partial charge on any atom is 0.328 e. The Labute approximate surface area is 316 Å². The molecule has 304 valence electrons. The maximum atomic E-state index is 13.5. The van der Waals surface area contributed by atoms with Gasteiger partial charge in [0.05, 0.1) is 38.3 Å². The number of carboxylic acid groups (broad SMARTS) is 1. The molecule has 0 aliphatic carbocycles. The summed E-state index contributed by atoms with van der Waals surface area (Å²) in [6, 6.07) is -1.85. The predicted octanol–water partition coefficient (Wildman–Crippen LogP) is -5.08. The van der Waals surface area contributed by atoms with E-state index in [0.717, 1.165) is 5.56 Å². The molecule has 55 heavy (non-hydrogen) atoms. The average molecular weight is 778 g/mol. The van der Waals surface area contributed by atoms with E-state index >= 15 is 0 Å². The summed E-state index contributed by atoms with van der Waals surface area (Å²) < 4.78 is 0. The predicted molar refractivity (Wildman–Crippen MR) is 192 cm³/mol. The molecule has 0 spiro atoms. The fourth-order valence-corrected chi connectivity index (χ4v) is 5.08. The van der Waals surface area contributed by atoms with Crippen molar-refractivity contribution in [3.05, 3.63) is 54.1 Å². The quantitative estimate of drug-likeness (QED) is 0.0502. The fourth-order valence-electron chi connectivity index (χ4n) is 5.08. The summed E-state index contributed by atoms with van der Waals surface area (Å²) in [4.78, 5) is 96.7. The van der Waals surface area contributed by atoms with E-state index in [9.17, 15) is 59.1 Å². The number of hydrogen-bond acceptors (Lipinski definition) is 13. The van der Waals surface area contributed by atoms with E-state index in [4.69, 9.17) is 5.73 Å². The second kappa shape index (κ2) is 22.7. The van der Waals surface area contributed by atoms with Gasteiger partial charge in [-0.2, -0.15) is 0 Å². The van der Waals surface area contributed by atoms with E-state index in [1.165, 1.54) is 19.4 Å². The summed E-state index contributed by atoms with van der Waals surface area (Å²) in [7, 11) is 0. The van der Waals surface area contributed by atoms with Crippen LogP contribution >= 0.6 is 0 Å².